The minimum atomic E-state index is -0.513. The Hall–Kier alpha value is -3.09. The maximum absolute atomic E-state index is 13.8. The van der Waals surface area contributed by atoms with Gasteiger partial charge in [0.15, 0.2) is 11.6 Å². The molecule has 7 heteroatoms. The van der Waals surface area contributed by atoms with Crippen LogP contribution in [0.5, 0.6) is 11.5 Å². The van der Waals surface area contributed by atoms with Gasteiger partial charge >= 0.3 is 0 Å². The van der Waals surface area contributed by atoms with Gasteiger partial charge in [0.05, 0.1) is 7.11 Å². The molecule has 2 rings (SSSR count). The van der Waals surface area contributed by atoms with Crippen molar-refractivity contribution in [1.29, 1.82) is 0 Å². The van der Waals surface area contributed by atoms with Gasteiger partial charge < -0.3 is 20.9 Å². The first-order valence-electron chi connectivity index (χ1n) is 11.6. The number of allylic oxidation sites excluding steroid dienone is 1. The molecule has 0 fully saturated rings. The number of benzene rings is 1. The van der Waals surface area contributed by atoms with Gasteiger partial charge in [-0.3, -0.25) is 4.99 Å². The number of nitrogen functional groups attached to an aromatic ring is 1. The molecule has 1 aromatic heterocycles. The van der Waals surface area contributed by atoms with Gasteiger partial charge in [-0.15, -0.1) is 0 Å². The van der Waals surface area contributed by atoms with Crippen LogP contribution in [0.4, 0.5) is 10.2 Å². The molecule has 180 valence electrons. The number of methoxy groups -OCH3 is 1. The smallest absolute Gasteiger partial charge is 0.166 e. The van der Waals surface area contributed by atoms with Crippen LogP contribution >= 0.6 is 0 Å². The normalized spacial score (nSPS) is 13.8. The van der Waals surface area contributed by atoms with E-state index in [9.17, 15) is 4.39 Å². The number of anilines is 1. The zero-order chi connectivity index (χ0) is 24.2. The van der Waals surface area contributed by atoms with E-state index in [0.717, 1.165) is 30.4 Å². The lowest BCUT2D eigenvalue weighted by atomic mass is 10.0. The van der Waals surface area contributed by atoms with Crippen molar-refractivity contribution in [2.75, 3.05) is 12.8 Å². The van der Waals surface area contributed by atoms with Crippen LogP contribution < -0.4 is 20.9 Å². The molecule has 0 bridgehead atoms. The van der Waals surface area contributed by atoms with Crippen LogP contribution in [-0.4, -0.2) is 24.4 Å². The first-order valence-corrected chi connectivity index (χ1v) is 11.6. The summed E-state index contributed by atoms with van der Waals surface area (Å²) in [5.41, 5.74) is 14.0. The number of pyridine rings is 1. The largest absolute Gasteiger partial charge is 0.496 e. The lowest BCUT2D eigenvalue weighted by Crippen LogP contribution is -2.09. The van der Waals surface area contributed by atoms with Crippen LogP contribution in [-0.2, 0) is 0 Å². The standard InChI is InChI=1S/C26H37FN4O2/c1-5-7-8-10-22(9-6-2)30-17-20(15-28)19-13-25(26(29)31-16-19)33-18(3)23-14-21(27)11-12-24(23)32-4/h11-18,22H,5-10,28H2,1-4H3,(H2,29,31). The highest BCUT2D eigenvalue weighted by atomic mass is 19.1. The summed E-state index contributed by atoms with van der Waals surface area (Å²) in [6.07, 6.45) is 11.2. The third kappa shape index (κ3) is 7.77. The molecule has 33 heavy (non-hydrogen) atoms. The zero-order valence-corrected chi connectivity index (χ0v) is 20.2. The van der Waals surface area contributed by atoms with E-state index >= 15 is 0 Å². The summed E-state index contributed by atoms with van der Waals surface area (Å²) < 4.78 is 25.2. The van der Waals surface area contributed by atoms with Gasteiger partial charge in [0.1, 0.15) is 17.7 Å². The highest BCUT2D eigenvalue weighted by molar-refractivity contribution is 6.09. The molecular formula is C26H37FN4O2. The maximum atomic E-state index is 13.8. The van der Waals surface area contributed by atoms with Gasteiger partial charge in [-0.25, -0.2) is 9.37 Å². The summed E-state index contributed by atoms with van der Waals surface area (Å²) in [5.74, 6) is 0.780. The molecule has 0 radical (unpaired) electrons. The minimum absolute atomic E-state index is 0.234. The molecule has 0 aliphatic rings. The summed E-state index contributed by atoms with van der Waals surface area (Å²) >= 11 is 0. The molecule has 2 unspecified atom stereocenters. The van der Waals surface area contributed by atoms with Crippen LogP contribution in [0.3, 0.4) is 0 Å². The van der Waals surface area contributed by atoms with E-state index in [1.807, 2.05) is 6.21 Å². The van der Waals surface area contributed by atoms with Gasteiger partial charge in [-0.1, -0.05) is 39.5 Å². The summed E-state index contributed by atoms with van der Waals surface area (Å²) in [6, 6.07) is 6.36. The fourth-order valence-corrected chi connectivity index (χ4v) is 3.64. The third-order valence-corrected chi connectivity index (χ3v) is 5.52. The van der Waals surface area contributed by atoms with Crippen LogP contribution in [0.15, 0.2) is 41.7 Å². The Morgan fingerprint density at radius 3 is 2.61 bits per heavy atom. The topological polar surface area (TPSA) is 95.8 Å². The fraction of sp³-hybridized carbons (Fsp3) is 0.462. The van der Waals surface area contributed by atoms with Crippen molar-refractivity contribution in [1.82, 2.24) is 4.98 Å². The molecule has 1 aromatic carbocycles. The van der Waals surface area contributed by atoms with Crippen molar-refractivity contribution in [3.63, 3.8) is 0 Å². The molecule has 1 heterocycles. The van der Waals surface area contributed by atoms with Crippen LogP contribution in [0.1, 0.15) is 76.5 Å². The molecule has 0 spiro atoms. The van der Waals surface area contributed by atoms with Gasteiger partial charge in [-0.05, 0) is 44.0 Å². The maximum Gasteiger partial charge on any atom is 0.166 e. The quantitative estimate of drug-likeness (QED) is 0.282. The molecule has 2 aromatic rings. The van der Waals surface area contributed by atoms with Gasteiger partial charge in [0, 0.05) is 41.4 Å². The lowest BCUT2D eigenvalue weighted by molar-refractivity contribution is 0.221. The van der Waals surface area contributed by atoms with Gasteiger partial charge in [0.25, 0.3) is 0 Å². The van der Waals surface area contributed by atoms with Gasteiger partial charge in [0.2, 0.25) is 0 Å². The molecule has 0 saturated heterocycles. The summed E-state index contributed by atoms with van der Waals surface area (Å²) in [4.78, 5) is 9.06. The van der Waals surface area contributed by atoms with Gasteiger partial charge in [-0.2, -0.15) is 0 Å². The molecule has 0 saturated carbocycles. The average molecular weight is 457 g/mol. The molecule has 0 amide bonds. The van der Waals surface area contributed by atoms with Crippen molar-refractivity contribution in [2.24, 2.45) is 10.7 Å². The van der Waals surface area contributed by atoms with E-state index in [-0.39, 0.29) is 17.7 Å². The average Bonchev–Trinajstić information content (AvgIpc) is 2.81. The first-order chi connectivity index (χ1) is 15.9. The SMILES string of the molecule is CCCCCC(CCC)N=CC(=CN)c1cnc(N)c(OC(C)c2cc(F)ccc2OC)c1. The molecule has 0 aliphatic carbocycles. The number of aromatic nitrogens is 1. The number of hydrogen-bond donors (Lipinski definition) is 2. The van der Waals surface area contributed by atoms with E-state index < -0.39 is 6.10 Å². The number of hydrogen-bond acceptors (Lipinski definition) is 6. The van der Waals surface area contributed by atoms with E-state index in [0.29, 0.717) is 17.1 Å². The van der Waals surface area contributed by atoms with Crippen LogP contribution in [0, 0.1) is 5.82 Å². The highest BCUT2D eigenvalue weighted by Crippen LogP contribution is 2.32. The molecule has 6 nitrogen and oxygen atoms in total. The number of halogens is 1. The van der Waals surface area contributed by atoms with E-state index in [1.54, 1.807) is 25.3 Å². The Kier molecular flexibility index (Phi) is 10.7. The number of rotatable bonds is 13. The summed E-state index contributed by atoms with van der Waals surface area (Å²) in [5, 5.41) is 0. The second-order valence-corrected chi connectivity index (χ2v) is 8.09. The third-order valence-electron chi connectivity index (χ3n) is 5.52. The minimum Gasteiger partial charge on any atom is -0.496 e. The second kappa shape index (κ2) is 13.5. The van der Waals surface area contributed by atoms with Crippen LogP contribution in [0.25, 0.3) is 5.57 Å². The molecule has 0 aliphatic heterocycles. The predicted octanol–water partition coefficient (Wildman–Crippen LogP) is 6.07. The van der Waals surface area contributed by atoms with E-state index in [4.69, 9.17) is 25.9 Å². The highest BCUT2D eigenvalue weighted by Gasteiger charge is 2.17. The number of ether oxygens (including phenoxy) is 2. The summed E-state index contributed by atoms with van der Waals surface area (Å²) in [7, 11) is 1.53. The Morgan fingerprint density at radius 2 is 1.94 bits per heavy atom. The number of nitrogens with two attached hydrogens (primary N) is 2. The van der Waals surface area contributed by atoms with Crippen molar-refractivity contribution < 1.29 is 13.9 Å². The van der Waals surface area contributed by atoms with E-state index in [2.05, 4.69) is 18.8 Å². The van der Waals surface area contributed by atoms with Crippen molar-refractivity contribution >= 4 is 17.6 Å². The number of unbranched alkanes of at least 4 members (excludes halogenated alkanes) is 2. The number of nitrogens with zero attached hydrogens (tertiary/aromatic N) is 2. The Morgan fingerprint density at radius 1 is 1.15 bits per heavy atom. The molecular weight excluding hydrogens is 419 g/mol. The summed E-state index contributed by atoms with van der Waals surface area (Å²) in [6.45, 7) is 6.17. The Bertz CT molecular complexity index is 946. The predicted molar refractivity (Wildman–Crippen MR) is 134 cm³/mol. The van der Waals surface area contributed by atoms with Crippen molar-refractivity contribution in [3.05, 3.63) is 53.6 Å². The molecule has 4 N–H and O–H groups in total. The second-order valence-electron chi connectivity index (χ2n) is 8.09. The molecule has 2 atom stereocenters. The number of aliphatic imine (C=N–C) groups is 1. The first kappa shape index (κ1) is 26.2. The monoisotopic (exact) mass is 456 g/mol. The van der Waals surface area contributed by atoms with Crippen molar-refractivity contribution in [2.45, 2.75) is 71.4 Å². The zero-order valence-electron chi connectivity index (χ0n) is 20.2. The van der Waals surface area contributed by atoms with Crippen molar-refractivity contribution in [3.8, 4) is 11.5 Å². The lowest BCUT2D eigenvalue weighted by Gasteiger charge is -2.19. The fourth-order valence-electron chi connectivity index (χ4n) is 3.64. The van der Waals surface area contributed by atoms with E-state index in [1.165, 1.54) is 44.7 Å². The van der Waals surface area contributed by atoms with Crippen LogP contribution in [0.2, 0.25) is 0 Å². The Balaban J connectivity index is 2.22. The Labute approximate surface area is 196 Å².